The molecule has 0 unspecified atom stereocenters. The van der Waals surface area contributed by atoms with E-state index in [0.717, 1.165) is 24.3 Å². The first-order valence-electron chi connectivity index (χ1n) is 8.61. The maximum Gasteiger partial charge on any atom is 0.197 e. The van der Waals surface area contributed by atoms with Crippen molar-refractivity contribution >= 4 is 16.5 Å². The molecule has 0 fully saturated rings. The fraction of sp³-hybridized carbons (Fsp3) is 0.190. The molecule has 0 saturated carbocycles. The zero-order chi connectivity index (χ0) is 19.1. The highest BCUT2D eigenvalue weighted by Gasteiger charge is 2.22. The summed E-state index contributed by atoms with van der Waals surface area (Å²) in [5.41, 5.74) is 0.897. The number of phenolic OH excluding ortho intramolecular Hbond substituents is 2. The van der Waals surface area contributed by atoms with Crippen molar-refractivity contribution in [2.45, 2.75) is 6.42 Å². The third-order valence-electron chi connectivity index (χ3n) is 4.83. The quantitative estimate of drug-likeness (QED) is 0.722. The first kappa shape index (κ1) is 17.3. The van der Waals surface area contributed by atoms with E-state index < -0.39 is 11.2 Å². The molecule has 27 heavy (non-hydrogen) atoms. The van der Waals surface area contributed by atoms with Crippen molar-refractivity contribution in [3.8, 4) is 22.8 Å². The van der Waals surface area contributed by atoms with E-state index in [1.54, 1.807) is 12.1 Å². The Labute approximate surface area is 154 Å². The van der Waals surface area contributed by atoms with Gasteiger partial charge in [-0.15, -0.1) is 0 Å². The van der Waals surface area contributed by atoms with Crippen LogP contribution >= 0.6 is 0 Å². The van der Waals surface area contributed by atoms with Crippen molar-refractivity contribution in [1.82, 2.24) is 4.90 Å². The Balaban J connectivity index is 2.04. The average Bonchev–Trinajstić information content (AvgIpc) is 2.63. The number of fused-ring (bicyclic) bond motifs is 1. The Morgan fingerprint density at radius 1 is 1.15 bits per heavy atom. The highest BCUT2D eigenvalue weighted by molar-refractivity contribution is 5.96. The smallest absolute Gasteiger partial charge is 0.197 e. The SMILES string of the molecule is CN1CC=C(c2c(O)cc(O)c3c(=O)cc(-c4ccccc4F)oc23)CC1. The molecule has 2 N–H and O–H groups in total. The van der Waals surface area contributed by atoms with Crippen molar-refractivity contribution < 1.29 is 19.0 Å². The maximum atomic E-state index is 14.2. The molecular weight excluding hydrogens is 349 g/mol. The van der Waals surface area contributed by atoms with E-state index in [0.29, 0.717) is 18.5 Å². The Hall–Kier alpha value is -3.12. The van der Waals surface area contributed by atoms with Gasteiger partial charge >= 0.3 is 0 Å². The molecular formula is C21H18FNO4. The molecule has 0 radical (unpaired) electrons. The first-order chi connectivity index (χ1) is 13.0. The molecule has 1 aliphatic heterocycles. The summed E-state index contributed by atoms with van der Waals surface area (Å²) in [7, 11) is 1.98. The summed E-state index contributed by atoms with van der Waals surface area (Å²) in [6.07, 6.45) is 2.60. The second kappa shape index (κ2) is 6.55. The third-order valence-corrected chi connectivity index (χ3v) is 4.83. The monoisotopic (exact) mass is 367 g/mol. The molecule has 2 aromatic carbocycles. The summed E-state index contributed by atoms with van der Waals surface area (Å²) < 4.78 is 20.1. The minimum Gasteiger partial charge on any atom is -0.507 e. The number of phenols is 2. The molecule has 1 aromatic heterocycles. The second-order valence-electron chi connectivity index (χ2n) is 6.69. The van der Waals surface area contributed by atoms with Crippen LogP contribution < -0.4 is 5.43 Å². The molecule has 138 valence electrons. The minimum atomic E-state index is -0.524. The summed E-state index contributed by atoms with van der Waals surface area (Å²) >= 11 is 0. The van der Waals surface area contributed by atoms with Crippen LogP contribution in [0.5, 0.6) is 11.5 Å². The Bertz CT molecular complexity index is 1130. The van der Waals surface area contributed by atoms with E-state index >= 15 is 0 Å². The first-order valence-corrected chi connectivity index (χ1v) is 8.61. The summed E-state index contributed by atoms with van der Waals surface area (Å²) in [4.78, 5) is 14.8. The van der Waals surface area contributed by atoms with Crippen molar-refractivity contribution in [3.05, 3.63) is 64.1 Å². The fourth-order valence-electron chi connectivity index (χ4n) is 3.40. The van der Waals surface area contributed by atoms with Crippen LogP contribution in [0.4, 0.5) is 4.39 Å². The lowest BCUT2D eigenvalue weighted by Gasteiger charge is -2.23. The summed E-state index contributed by atoms with van der Waals surface area (Å²) in [5.74, 6) is -1.02. The van der Waals surface area contributed by atoms with Crippen LogP contribution in [0.1, 0.15) is 12.0 Å². The minimum absolute atomic E-state index is 0.0253. The van der Waals surface area contributed by atoms with Gasteiger partial charge in [-0.3, -0.25) is 4.79 Å². The molecule has 0 aliphatic carbocycles. The van der Waals surface area contributed by atoms with Gasteiger partial charge in [0.25, 0.3) is 0 Å². The Kier molecular flexibility index (Phi) is 4.20. The highest BCUT2D eigenvalue weighted by Crippen LogP contribution is 2.40. The van der Waals surface area contributed by atoms with E-state index in [9.17, 15) is 19.4 Å². The number of aromatic hydroxyl groups is 2. The van der Waals surface area contributed by atoms with Crippen LogP contribution in [-0.2, 0) is 0 Å². The molecule has 0 amide bonds. The number of hydrogen-bond donors (Lipinski definition) is 2. The summed E-state index contributed by atoms with van der Waals surface area (Å²) in [6, 6.07) is 8.28. The fourth-order valence-corrected chi connectivity index (χ4v) is 3.40. The van der Waals surface area contributed by atoms with Crippen LogP contribution in [0.25, 0.3) is 27.9 Å². The van der Waals surface area contributed by atoms with Gasteiger partial charge in [0.15, 0.2) is 11.0 Å². The average molecular weight is 367 g/mol. The zero-order valence-electron chi connectivity index (χ0n) is 14.7. The largest absolute Gasteiger partial charge is 0.507 e. The number of hydrogen-bond acceptors (Lipinski definition) is 5. The topological polar surface area (TPSA) is 73.9 Å². The standard InChI is InChI=1S/C21H18FNO4/c1-23-8-6-12(7-9-23)19-15(24)10-16(25)20-17(26)11-18(27-21(19)20)13-4-2-3-5-14(13)22/h2-6,10-11,24-25H,7-9H2,1H3. The van der Waals surface area contributed by atoms with Crippen LogP contribution in [0, 0.1) is 5.82 Å². The van der Waals surface area contributed by atoms with Gasteiger partial charge in [0.05, 0.1) is 11.1 Å². The van der Waals surface area contributed by atoms with Crippen LogP contribution in [-0.4, -0.2) is 35.3 Å². The second-order valence-corrected chi connectivity index (χ2v) is 6.69. The van der Waals surface area contributed by atoms with E-state index in [-0.39, 0.29) is 33.8 Å². The van der Waals surface area contributed by atoms with Crippen molar-refractivity contribution in [1.29, 1.82) is 0 Å². The lowest BCUT2D eigenvalue weighted by Crippen LogP contribution is -2.23. The number of halogens is 1. The van der Waals surface area contributed by atoms with Crippen molar-refractivity contribution in [3.63, 3.8) is 0 Å². The maximum absolute atomic E-state index is 14.2. The third kappa shape index (κ3) is 2.98. The summed E-state index contributed by atoms with van der Waals surface area (Å²) in [6.45, 7) is 1.47. The van der Waals surface area contributed by atoms with Gasteiger partial charge in [-0.25, -0.2) is 4.39 Å². The molecule has 0 bridgehead atoms. The number of benzene rings is 2. The van der Waals surface area contributed by atoms with Gasteiger partial charge in [0.1, 0.15) is 28.5 Å². The van der Waals surface area contributed by atoms with Crippen LogP contribution in [0.15, 0.2) is 51.7 Å². The van der Waals surface area contributed by atoms with Gasteiger partial charge in [0, 0.05) is 25.2 Å². The molecule has 1 aliphatic rings. The number of rotatable bonds is 2. The van der Waals surface area contributed by atoms with E-state index in [2.05, 4.69) is 4.90 Å². The zero-order valence-corrected chi connectivity index (χ0v) is 14.7. The Morgan fingerprint density at radius 3 is 2.63 bits per heavy atom. The molecule has 4 rings (SSSR count). The number of likely N-dealkylation sites (N-methyl/N-ethyl adjacent to an activating group) is 1. The van der Waals surface area contributed by atoms with Gasteiger partial charge < -0.3 is 19.5 Å². The van der Waals surface area contributed by atoms with Crippen LogP contribution in [0.2, 0.25) is 0 Å². The Morgan fingerprint density at radius 2 is 1.93 bits per heavy atom. The lowest BCUT2D eigenvalue weighted by atomic mass is 9.96. The predicted molar refractivity (Wildman–Crippen MR) is 101 cm³/mol. The molecule has 3 aromatic rings. The van der Waals surface area contributed by atoms with Gasteiger partial charge in [-0.2, -0.15) is 0 Å². The molecule has 0 spiro atoms. The predicted octanol–water partition coefficient (Wildman–Crippen LogP) is 3.73. The number of nitrogens with zero attached hydrogens (tertiary/aromatic N) is 1. The van der Waals surface area contributed by atoms with E-state index in [1.807, 2.05) is 13.1 Å². The van der Waals surface area contributed by atoms with Crippen molar-refractivity contribution in [2.75, 3.05) is 20.1 Å². The van der Waals surface area contributed by atoms with Crippen LogP contribution in [0.3, 0.4) is 0 Å². The molecule has 0 atom stereocenters. The summed E-state index contributed by atoms with van der Waals surface area (Å²) in [5, 5.41) is 20.6. The van der Waals surface area contributed by atoms with E-state index in [1.165, 1.54) is 12.1 Å². The van der Waals surface area contributed by atoms with Crippen molar-refractivity contribution in [2.24, 2.45) is 0 Å². The molecule has 2 heterocycles. The van der Waals surface area contributed by atoms with Gasteiger partial charge in [0.2, 0.25) is 0 Å². The molecule has 6 heteroatoms. The lowest BCUT2D eigenvalue weighted by molar-refractivity contribution is 0.369. The molecule has 5 nitrogen and oxygen atoms in total. The normalized spacial score (nSPS) is 15.1. The van der Waals surface area contributed by atoms with Gasteiger partial charge in [-0.1, -0.05) is 18.2 Å². The molecule has 0 saturated heterocycles. The van der Waals surface area contributed by atoms with Gasteiger partial charge in [-0.05, 0) is 31.2 Å². The van der Waals surface area contributed by atoms with E-state index in [4.69, 9.17) is 4.42 Å². The highest BCUT2D eigenvalue weighted by atomic mass is 19.1.